The lowest BCUT2D eigenvalue weighted by Gasteiger charge is -2.22. The van der Waals surface area contributed by atoms with Crippen molar-refractivity contribution in [3.63, 3.8) is 0 Å². The van der Waals surface area contributed by atoms with E-state index in [1.54, 1.807) is 41.1 Å². The summed E-state index contributed by atoms with van der Waals surface area (Å²) in [7, 11) is 0. The van der Waals surface area contributed by atoms with E-state index in [9.17, 15) is 10.2 Å². The van der Waals surface area contributed by atoms with Crippen molar-refractivity contribution in [2.45, 2.75) is 52.4 Å². The quantitative estimate of drug-likeness (QED) is 0.174. The summed E-state index contributed by atoms with van der Waals surface area (Å²) < 4.78 is 2.11. The first-order valence-corrected chi connectivity index (χ1v) is 20.9. The van der Waals surface area contributed by atoms with Crippen LogP contribution in [0.3, 0.4) is 0 Å². The van der Waals surface area contributed by atoms with E-state index in [0.717, 1.165) is 86.3 Å². The van der Waals surface area contributed by atoms with Crippen molar-refractivity contribution in [3.05, 3.63) is 145 Å². The van der Waals surface area contributed by atoms with E-state index in [1.165, 1.54) is 11.1 Å². The van der Waals surface area contributed by atoms with Crippen molar-refractivity contribution >= 4 is 43.1 Å². The number of phenols is 2. The topological polar surface area (TPSA) is 92.0 Å². The summed E-state index contributed by atoms with van der Waals surface area (Å²) in [4.78, 5) is 19.9. The fourth-order valence-corrected chi connectivity index (χ4v) is 9.36. The number of rotatable bonds is 6. The third kappa shape index (κ3) is 7.03. The Labute approximate surface area is 346 Å². The molecule has 0 saturated heterocycles. The Morgan fingerprint density at radius 2 is 0.828 bits per heavy atom. The van der Waals surface area contributed by atoms with E-state index in [-0.39, 0.29) is 22.3 Å². The molecule has 58 heavy (non-hydrogen) atoms. The van der Waals surface area contributed by atoms with E-state index >= 15 is 0 Å². The molecule has 0 amide bonds. The maximum Gasteiger partial charge on any atom is 0.128 e. The van der Waals surface area contributed by atoms with Crippen molar-refractivity contribution in [1.82, 2.24) is 19.9 Å². The van der Waals surface area contributed by atoms with Gasteiger partial charge in [0.1, 0.15) is 27.8 Å². The lowest BCUT2D eigenvalue weighted by Crippen LogP contribution is -2.11. The molecule has 0 spiro atoms. The van der Waals surface area contributed by atoms with Gasteiger partial charge in [-0.2, -0.15) is 0 Å². The number of benzene rings is 6. The third-order valence-electron chi connectivity index (χ3n) is 10.6. The Morgan fingerprint density at radius 1 is 0.431 bits per heavy atom. The molecule has 9 aromatic rings. The Morgan fingerprint density at radius 3 is 1.24 bits per heavy atom. The van der Waals surface area contributed by atoms with E-state index in [4.69, 9.17) is 19.9 Å². The average molecular weight is 795 g/mol. The normalized spacial score (nSPS) is 12.1. The van der Waals surface area contributed by atoms with Gasteiger partial charge in [0.05, 0.1) is 42.9 Å². The van der Waals surface area contributed by atoms with Gasteiger partial charge in [-0.25, -0.2) is 19.9 Å². The highest BCUT2D eigenvalue weighted by atomic mass is 32.1. The third-order valence-corrected chi connectivity index (χ3v) is 12.7. The van der Waals surface area contributed by atoms with Gasteiger partial charge in [0.2, 0.25) is 0 Å². The lowest BCUT2D eigenvalue weighted by molar-refractivity contribution is 0.477. The van der Waals surface area contributed by atoms with Gasteiger partial charge in [0.15, 0.2) is 0 Å². The summed E-state index contributed by atoms with van der Waals surface area (Å²) in [6.07, 6.45) is 1.66. The van der Waals surface area contributed by atoms with E-state index in [1.807, 2.05) is 36.4 Å². The van der Waals surface area contributed by atoms with Crippen LogP contribution >= 0.6 is 22.7 Å². The summed E-state index contributed by atoms with van der Waals surface area (Å²) in [5.74, 6) is 0.441. The lowest BCUT2D eigenvalue weighted by atomic mass is 9.83. The molecule has 6 nitrogen and oxygen atoms in total. The molecule has 0 atom stereocenters. The zero-order chi connectivity index (χ0) is 40.3. The molecule has 0 unspecified atom stereocenters. The van der Waals surface area contributed by atoms with Crippen LogP contribution < -0.4 is 0 Å². The van der Waals surface area contributed by atoms with Crippen molar-refractivity contribution in [2.24, 2.45) is 0 Å². The molecule has 3 heterocycles. The summed E-state index contributed by atoms with van der Waals surface area (Å²) in [6.45, 7) is 13.4. The number of phenolic OH excluding ortho intramolecular Hbond substituents is 2. The summed E-state index contributed by atoms with van der Waals surface area (Å²) >= 11 is 3.16. The standard InChI is InChI=1S/C50H42N4O2S2/c1-49(2,3)33-23-29(35-15-11-19-43-45(35)53-47(57-43)37-13-7-9-17-41(37)55)21-31(25-33)39-27-40(52-28-51-39)32-22-30(24-34(26-32)50(4,5)6)36-16-12-20-44-46(36)54-48(58-44)38-14-8-10-18-42(38)56/h7-28,55-56H,1-6H3. The van der Waals surface area contributed by atoms with Crippen LogP contribution in [0.5, 0.6) is 11.5 Å². The number of hydrogen-bond acceptors (Lipinski definition) is 8. The molecule has 9 rings (SSSR count). The van der Waals surface area contributed by atoms with Gasteiger partial charge in [-0.1, -0.05) is 102 Å². The highest BCUT2D eigenvalue weighted by molar-refractivity contribution is 7.22. The number of aromatic hydroxyl groups is 2. The van der Waals surface area contributed by atoms with Crippen LogP contribution in [0, 0.1) is 0 Å². The number of fused-ring (bicyclic) bond motifs is 2. The van der Waals surface area contributed by atoms with E-state index in [0.29, 0.717) is 0 Å². The molecule has 0 radical (unpaired) electrons. The van der Waals surface area contributed by atoms with Crippen LogP contribution in [-0.2, 0) is 10.8 Å². The SMILES string of the molecule is CC(C)(C)c1cc(-c2cc(-c3cc(-c4cccc5sc(-c6ccccc6O)nc45)cc(C(C)(C)C)c3)ncn2)cc(-c2cccc3sc(-c4ccccc4O)nc23)c1. The minimum atomic E-state index is -0.136. The van der Waals surface area contributed by atoms with Gasteiger partial charge in [0.25, 0.3) is 0 Å². The molecule has 2 N–H and O–H groups in total. The molecule has 0 aliphatic carbocycles. The first-order valence-electron chi connectivity index (χ1n) is 19.3. The molecule has 3 aromatic heterocycles. The minimum absolute atomic E-state index is 0.136. The zero-order valence-corrected chi connectivity index (χ0v) is 34.8. The predicted molar refractivity (Wildman–Crippen MR) is 242 cm³/mol. The average Bonchev–Trinajstić information content (AvgIpc) is 3.85. The predicted octanol–water partition coefficient (Wildman–Crippen LogP) is 13.7. The molecule has 8 heteroatoms. The zero-order valence-electron chi connectivity index (χ0n) is 33.2. The van der Waals surface area contributed by atoms with Gasteiger partial charge in [-0.3, -0.25) is 0 Å². The Balaban J connectivity index is 1.16. The minimum Gasteiger partial charge on any atom is -0.507 e. The van der Waals surface area contributed by atoms with Crippen molar-refractivity contribution in [2.75, 3.05) is 0 Å². The first kappa shape index (κ1) is 37.4. The van der Waals surface area contributed by atoms with E-state index in [2.05, 4.69) is 120 Å². The highest BCUT2D eigenvalue weighted by Crippen LogP contribution is 2.43. The van der Waals surface area contributed by atoms with Crippen LogP contribution in [0.25, 0.3) is 86.3 Å². The Hall–Kier alpha value is -6.22. The second kappa shape index (κ2) is 14.3. The number of para-hydroxylation sites is 4. The van der Waals surface area contributed by atoms with Gasteiger partial charge in [0, 0.05) is 22.3 Å². The van der Waals surface area contributed by atoms with Crippen LogP contribution in [0.1, 0.15) is 52.7 Å². The maximum absolute atomic E-state index is 10.6. The molecular formula is C50H42N4O2S2. The van der Waals surface area contributed by atoms with Crippen molar-refractivity contribution < 1.29 is 10.2 Å². The second-order valence-corrected chi connectivity index (χ2v) is 18.8. The van der Waals surface area contributed by atoms with Crippen molar-refractivity contribution in [3.8, 4) is 77.4 Å². The monoisotopic (exact) mass is 794 g/mol. The number of thiazole rings is 2. The van der Waals surface area contributed by atoms with Gasteiger partial charge >= 0.3 is 0 Å². The molecule has 0 saturated carbocycles. The highest BCUT2D eigenvalue weighted by Gasteiger charge is 2.22. The Bertz CT molecular complexity index is 2820. The summed E-state index contributed by atoms with van der Waals surface area (Å²) in [6, 6.07) is 42.8. The molecular weight excluding hydrogens is 753 g/mol. The first-order chi connectivity index (χ1) is 27.8. The van der Waals surface area contributed by atoms with Crippen LogP contribution in [0.15, 0.2) is 134 Å². The smallest absolute Gasteiger partial charge is 0.128 e. The molecule has 286 valence electrons. The largest absolute Gasteiger partial charge is 0.507 e. The molecule has 0 aliphatic heterocycles. The van der Waals surface area contributed by atoms with Crippen LogP contribution in [0.4, 0.5) is 0 Å². The maximum atomic E-state index is 10.6. The second-order valence-electron chi connectivity index (χ2n) is 16.8. The molecule has 0 aliphatic rings. The summed E-state index contributed by atoms with van der Waals surface area (Å²) in [5.41, 5.74) is 13.2. The van der Waals surface area contributed by atoms with E-state index < -0.39 is 0 Å². The van der Waals surface area contributed by atoms with Gasteiger partial charge < -0.3 is 10.2 Å². The Kier molecular flexibility index (Phi) is 9.22. The molecule has 0 fully saturated rings. The number of aromatic nitrogens is 4. The molecule has 6 aromatic carbocycles. The van der Waals surface area contributed by atoms with Gasteiger partial charge in [-0.05, 0) is 99.8 Å². The summed E-state index contributed by atoms with van der Waals surface area (Å²) in [5, 5.41) is 22.8. The fraction of sp³-hybridized carbons (Fsp3) is 0.160. The fourth-order valence-electron chi connectivity index (χ4n) is 7.30. The van der Waals surface area contributed by atoms with Crippen LogP contribution in [0.2, 0.25) is 0 Å². The molecule has 0 bridgehead atoms. The van der Waals surface area contributed by atoms with Crippen LogP contribution in [-0.4, -0.2) is 30.1 Å². The number of hydrogen-bond donors (Lipinski definition) is 2. The number of nitrogens with zero attached hydrogens (tertiary/aromatic N) is 4. The van der Waals surface area contributed by atoms with Gasteiger partial charge in [-0.15, -0.1) is 22.7 Å². The van der Waals surface area contributed by atoms with Crippen molar-refractivity contribution in [1.29, 1.82) is 0 Å².